The lowest BCUT2D eigenvalue weighted by Crippen LogP contribution is -2.46. The van der Waals surface area contributed by atoms with Crippen LogP contribution >= 0.6 is 0 Å². The molecular formula is C15H22N4O2. The Bertz CT molecular complexity index is 516. The van der Waals surface area contributed by atoms with E-state index in [0.29, 0.717) is 19.5 Å². The zero-order valence-corrected chi connectivity index (χ0v) is 12.4. The number of carbonyl (C=O) groups is 2. The number of benzene rings is 1. The molecule has 4 N–H and O–H groups in total. The van der Waals surface area contributed by atoms with E-state index < -0.39 is 0 Å². The Hall–Kier alpha value is -2.24. The maximum Gasteiger partial charge on any atom is 0.244 e. The standard InChI is InChI=1S/C15H22N4O2/c1-10(2)18-14(20)7-8-16-15(21)13-9-17-11-5-3-4-6-12(11)19-13/h3-6,10,13,17,19H,7-9H2,1-2H3,(H,16,21)(H,18,20). The SMILES string of the molecule is CC(C)NC(=O)CCNC(=O)C1CNc2ccccc2N1. The average molecular weight is 290 g/mol. The molecule has 1 aliphatic rings. The maximum absolute atomic E-state index is 12.1. The third-order valence-corrected chi connectivity index (χ3v) is 3.17. The fourth-order valence-electron chi connectivity index (χ4n) is 2.19. The number of anilines is 2. The lowest BCUT2D eigenvalue weighted by molar-refractivity contribution is -0.122. The summed E-state index contributed by atoms with van der Waals surface area (Å²) in [6.45, 7) is 4.69. The number of nitrogens with one attached hydrogen (secondary N) is 4. The third-order valence-electron chi connectivity index (χ3n) is 3.17. The highest BCUT2D eigenvalue weighted by Crippen LogP contribution is 2.24. The van der Waals surface area contributed by atoms with Crippen LogP contribution in [-0.4, -0.2) is 37.0 Å². The van der Waals surface area contributed by atoms with Crippen molar-refractivity contribution in [3.05, 3.63) is 24.3 Å². The summed E-state index contributed by atoms with van der Waals surface area (Å²) in [6.07, 6.45) is 0.292. The highest BCUT2D eigenvalue weighted by molar-refractivity contribution is 5.89. The Morgan fingerprint density at radius 3 is 2.71 bits per heavy atom. The van der Waals surface area contributed by atoms with E-state index in [1.165, 1.54) is 0 Å². The van der Waals surface area contributed by atoms with Gasteiger partial charge in [-0.05, 0) is 26.0 Å². The van der Waals surface area contributed by atoms with Gasteiger partial charge in [-0.3, -0.25) is 9.59 Å². The van der Waals surface area contributed by atoms with E-state index in [1.807, 2.05) is 38.1 Å². The van der Waals surface area contributed by atoms with Crippen molar-refractivity contribution in [1.29, 1.82) is 0 Å². The Morgan fingerprint density at radius 2 is 2.00 bits per heavy atom. The Kier molecular flexibility index (Phi) is 5.03. The maximum atomic E-state index is 12.1. The molecule has 0 aromatic heterocycles. The first-order valence-corrected chi connectivity index (χ1v) is 7.23. The van der Waals surface area contributed by atoms with Crippen molar-refractivity contribution in [2.75, 3.05) is 23.7 Å². The van der Waals surface area contributed by atoms with Crippen LogP contribution in [0.25, 0.3) is 0 Å². The quantitative estimate of drug-likeness (QED) is 0.650. The van der Waals surface area contributed by atoms with Gasteiger partial charge in [0.1, 0.15) is 6.04 Å². The molecule has 0 radical (unpaired) electrons. The predicted molar refractivity (Wildman–Crippen MR) is 83.2 cm³/mol. The second-order valence-corrected chi connectivity index (χ2v) is 5.39. The first-order valence-electron chi connectivity index (χ1n) is 7.23. The summed E-state index contributed by atoms with van der Waals surface area (Å²) < 4.78 is 0. The largest absolute Gasteiger partial charge is 0.381 e. The molecule has 0 spiro atoms. The molecule has 0 aliphatic carbocycles. The van der Waals surface area contributed by atoms with Crippen LogP contribution in [0.1, 0.15) is 20.3 Å². The molecule has 0 saturated heterocycles. The van der Waals surface area contributed by atoms with Crippen molar-refractivity contribution in [2.24, 2.45) is 0 Å². The van der Waals surface area contributed by atoms with E-state index in [9.17, 15) is 9.59 Å². The van der Waals surface area contributed by atoms with Crippen LogP contribution in [0.15, 0.2) is 24.3 Å². The van der Waals surface area contributed by atoms with Gasteiger partial charge in [-0.2, -0.15) is 0 Å². The summed E-state index contributed by atoms with van der Waals surface area (Å²) in [7, 11) is 0. The Morgan fingerprint density at radius 1 is 1.29 bits per heavy atom. The van der Waals surface area contributed by atoms with Crippen molar-refractivity contribution < 1.29 is 9.59 Å². The minimum atomic E-state index is -0.326. The number of fused-ring (bicyclic) bond motifs is 1. The van der Waals surface area contributed by atoms with Crippen molar-refractivity contribution in [1.82, 2.24) is 10.6 Å². The molecule has 2 rings (SSSR count). The van der Waals surface area contributed by atoms with Crippen molar-refractivity contribution in [2.45, 2.75) is 32.4 Å². The van der Waals surface area contributed by atoms with Gasteiger partial charge in [0.25, 0.3) is 0 Å². The van der Waals surface area contributed by atoms with Gasteiger partial charge in [0.15, 0.2) is 0 Å². The smallest absolute Gasteiger partial charge is 0.244 e. The third kappa shape index (κ3) is 4.37. The van der Waals surface area contributed by atoms with Crippen LogP contribution in [0.2, 0.25) is 0 Å². The lowest BCUT2D eigenvalue weighted by Gasteiger charge is -2.27. The molecule has 0 bridgehead atoms. The zero-order valence-electron chi connectivity index (χ0n) is 12.4. The summed E-state index contributed by atoms with van der Waals surface area (Å²) >= 11 is 0. The molecule has 0 fully saturated rings. The topological polar surface area (TPSA) is 82.3 Å². The molecule has 1 heterocycles. The van der Waals surface area contributed by atoms with Crippen molar-refractivity contribution >= 4 is 23.2 Å². The van der Waals surface area contributed by atoms with E-state index in [0.717, 1.165) is 11.4 Å². The summed E-state index contributed by atoms with van der Waals surface area (Å²) in [4.78, 5) is 23.6. The van der Waals surface area contributed by atoms with Crippen LogP contribution in [-0.2, 0) is 9.59 Å². The van der Waals surface area contributed by atoms with Gasteiger partial charge in [-0.15, -0.1) is 0 Å². The van der Waals surface area contributed by atoms with E-state index in [2.05, 4.69) is 21.3 Å². The van der Waals surface area contributed by atoms with Gasteiger partial charge in [-0.1, -0.05) is 12.1 Å². The van der Waals surface area contributed by atoms with Crippen LogP contribution < -0.4 is 21.3 Å². The van der Waals surface area contributed by atoms with Gasteiger partial charge in [0.2, 0.25) is 11.8 Å². The predicted octanol–water partition coefficient (Wildman–Crippen LogP) is 0.923. The number of para-hydroxylation sites is 2. The highest BCUT2D eigenvalue weighted by Gasteiger charge is 2.23. The van der Waals surface area contributed by atoms with Crippen molar-refractivity contribution in [3.8, 4) is 0 Å². The van der Waals surface area contributed by atoms with Crippen LogP contribution in [0, 0.1) is 0 Å². The van der Waals surface area contributed by atoms with Gasteiger partial charge in [-0.25, -0.2) is 0 Å². The molecule has 1 atom stereocenters. The van der Waals surface area contributed by atoms with Gasteiger partial charge in [0, 0.05) is 25.6 Å². The fourth-order valence-corrected chi connectivity index (χ4v) is 2.19. The molecule has 0 saturated carbocycles. The zero-order chi connectivity index (χ0) is 15.2. The van der Waals surface area contributed by atoms with Crippen LogP contribution in [0.5, 0.6) is 0 Å². The molecule has 114 valence electrons. The summed E-state index contributed by atoms with van der Waals surface area (Å²) in [6, 6.07) is 7.55. The van der Waals surface area contributed by atoms with Crippen molar-refractivity contribution in [3.63, 3.8) is 0 Å². The van der Waals surface area contributed by atoms with Gasteiger partial charge >= 0.3 is 0 Å². The lowest BCUT2D eigenvalue weighted by atomic mass is 10.1. The number of carbonyl (C=O) groups excluding carboxylic acids is 2. The Balaban J connectivity index is 1.76. The summed E-state index contributed by atoms with van der Waals surface area (Å²) in [5, 5.41) is 12.0. The number of hydrogen-bond acceptors (Lipinski definition) is 4. The molecule has 2 amide bonds. The molecule has 1 aromatic carbocycles. The second kappa shape index (κ2) is 6.97. The summed E-state index contributed by atoms with van der Waals surface area (Å²) in [5.41, 5.74) is 1.92. The molecule has 6 nitrogen and oxygen atoms in total. The van der Waals surface area contributed by atoms with E-state index in [1.54, 1.807) is 0 Å². The molecular weight excluding hydrogens is 268 g/mol. The number of hydrogen-bond donors (Lipinski definition) is 4. The molecule has 21 heavy (non-hydrogen) atoms. The molecule has 1 aliphatic heterocycles. The normalized spacial score (nSPS) is 16.4. The van der Waals surface area contributed by atoms with E-state index in [4.69, 9.17) is 0 Å². The fraction of sp³-hybridized carbons (Fsp3) is 0.467. The minimum absolute atomic E-state index is 0.0506. The van der Waals surface area contributed by atoms with Gasteiger partial charge < -0.3 is 21.3 Å². The number of rotatable bonds is 5. The van der Waals surface area contributed by atoms with E-state index >= 15 is 0 Å². The van der Waals surface area contributed by atoms with Crippen LogP contribution in [0.4, 0.5) is 11.4 Å². The number of amides is 2. The molecule has 1 unspecified atom stereocenters. The summed E-state index contributed by atoms with van der Waals surface area (Å²) in [5.74, 6) is -0.153. The second-order valence-electron chi connectivity index (χ2n) is 5.39. The molecule has 1 aromatic rings. The van der Waals surface area contributed by atoms with Gasteiger partial charge in [0.05, 0.1) is 11.4 Å². The first-order chi connectivity index (χ1) is 10.1. The van der Waals surface area contributed by atoms with Crippen LogP contribution in [0.3, 0.4) is 0 Å². The minimum Gasteiger partial charge on any atom is -0.381 e. The monoisotopic (exact) mass is 290 g/mol. The Labute approximate surface area is 124 Å². The highest BCUT2D eigenvalue weighted by atomic mass is 16.2. The van der Waals surface area contributed by atoms with E-state index in [-0.39, 0.29) is 23.9 Å². The first kappa shape index (κ1) is 15.2. The average Bonchev–Trinajstić information content (AvgIpc) is 2.45. The molecule has 6 heteroatoms.